The van der Waals surface area contributed by atoms with Crippen molar-refractivity contribution in [2.75, 3.05) is 13.1 Å². The van der Waals surface area contributed by atoms with Gasteiger partial charge < -0.3 is 20.5 Å². The van der Waals surface area contributed by atoms with Gasteiger partial charge in [0.25, 0.3) is 0 Å². The highest BCUT2D eigenvalue weighted by Crippen LogP contribution is 2.46. The van der Waals surface area contributed by atoms with E-state index < -0.39 is 29.6 Å². The highest BCUT2D eigenvalue weighted by atomic mass is 19.1. The summed E-state index contributed by atoms with van der Waals surface area (Å²) < 4.78 is 20.3. The van der Waals surface area contributed by atoms with Crippen LogP contribution in [-0.2, 0) is 16.9 Å². The first-order valence-corrected chi connectivity index (χ1v) is 10.4. The van der Waals surface area contributed by atoms with Crippen molar-refractivity contribution in [1.82, 2.24) is 15.5 Å². The molecule has 0 spiro atoms. The number of benzene rings is 2. The number of amides is 2. The second-order valence-electron chi connectivity index (χ2n) is 8.14. The van der Waals surface area contributed by atoms with Crippen LogP contribution in [-0.4, -0.2) is 41.3 Å². The molecule has 0 saturated carbocycles. The zero-order valence-electron chi connectivity index (χ0n) is 17.3. The van der Waals surface area contributed by atoms with E-state index in [9.17, 15) is 14.7 Å². The Balaban J connectivity index is 1.58. The number of carboxylic acid groups (broad SMARTS) is 1. The molecule has 31 heavy (non-hydrogen) atoms. The maximum atomic E-state index is 15.0. The topological polar surface area (TPSA) is 90.9 Å². The molecular weight excluding hydrogens is 401 g/mol. The lowest BCUT2D eigenvalue weighted by Crippen LogP contribution is -2.60. The zero-order valence-corrected chi connectivity index (χ0v) is 17.3. The average molecular weight is 427 g/mol. The van der Waals surface area contributed by atoms with Gasteiger partial charge in [0.15, 0.2) is 0 Å². The van der Waals surface area contributed by atoms with Gasteiger partial charge in [0.05, 0.1) is 11.6 Å². The minimum absolute atomic E-state index is 0.103. The number of halogens is 1. The van der Waals surface area contributed by atoms with Gasteiger partial charge in [-0.25, -0.2) is 14.0 Å². The van der Waals surface area contributed by atoms with Crippen LogP contribution in [0.15, 0.2) is 48.5 Å². The molecule has 3 unspecified atom stereocenters. The summed E-state index contributed by atoms with van der Waals surface area (Å²) in [6, 6.07) is 13.1. The molecule has 3 atom stereocenters. The number of ether oxygens (including phenoxy) is 1. The fourth-order valence-corrected chi connectivity index (χ4v) is 4.91. The van der Waals surface area contributed by atoms with Crippen molar-refractivity contribution >= 4 is 12.2 Å². The second kappa shape index (κ2) is 8.55. The lowest BCUT2D eigenvalue weighted by molar-refractivity contribution is 0.0586. The highest BCUT2D eigenvalue weighted by Gasteiger charge is 2.53. The Bertz CT molecular complexity index is 967. The molecule has 2 aromatic rings. The van der Waals surface area contributed by atoms with Crippen molar-refractivity contribution in [2.45, 2.75) is 44.0 Å². The number of carbonyl (C=O) groups excluding carboxylic acids is 1. The summed E-state index contributed by atoms with van der Waals surface area (Å²) in [6.07, 6.45) is -0.374. The van der Waals surface area contributed by atoms with Crippen molar-refractivity contribution in [1.29, 1.82) is 0 Å². The summed E-state index contributed by atoms with van der Waals surface area (Å²) in [4.78, 5) is 25.9. The summed E-state index contributed by atoms with van der Waals surface area (Å²) >= 11 is 0. The van der Waals surface area contributed by atoms with Crippen LogP contribution in [0.2, 0.25) is 0 Å². The van der Waals surface area contributed by atoms with E-state index in [1.807, 2.05) is 30.3 Å². The van der Waals surface area contributed by atoms with E-state index in [2.05, 4.69) is 10.6 Å². The van der Waals surface area contributed by atoms with Gasteiger partial charge in [-0.1, -0.05) is 42.5 Å². The van der Waals surface area contributed by atoms with Gasteiger partial charge >= 0.3 is 12.2 Å². The largest absolute Gasteiger partial charge is 0.465 e. The Labute approximate surface area is 180 Å². The predicted octanol–water partition coefficient (Wildman–Crippen LogP) is 3.75. The van der Waals surface area contributed by atoms with Crippen LogP contribution in [0.25, 0.3) is 0 Å². The fourth-order valence-electron chi connectivity index (χ4n) is 4.91. The molecule has 2 amide bonds. The molecular formula is C23H26FN3O4. The lowest BCUT2D eigenvalue weighted by Gasteiger charge is -2.45. The number of nitrogens with one attached hydrogen (secondary N) is 2. The third-order valence-corrected chi connectivity index (χ3v) is 6.26. The number of alkyl carbamates (subject to hydrolysis) is 1. The maximum absolute atomic E-state index is 15.0. The molecule has 0 aliphatic carbocycles. The van der Waals surface area contributed by atoms with Crippen molar-refractivity contribution in [3.8, 4) is 0 Å². The van der Waals surface area contributed by atoms with E-state index in [1.165, 1.54) is 11.0 Å². The van der Waals surface area contributed by atoms with Gasteiger partial charge in [-0.15, -0.1) is 0 Å². The minimum Gasteiger partial charge on any atom is -0.465 e. The minimum atomic E-state index is -1.01. The lowest BCUT2D eigenvalue weighted by atomic mass is 9.81. The van der Waals surface area contributed by atoms with Crippen molar-refractivity contribution in [3.05, 3.63) is 71.0 Å². The molecule has 4 rings (SSSR count). The van der Waals surface area contributed by atoms with Gasteiger partial charge in [-0.2, -0.15) is 0 Å². The van der Waals surface area contributed by atoms with Crippen LogP contribution < -0.4 is 10.6 Å². The Kier molecular flexibility index (Phi) is 5.82. The molecule has 3 N–H and O–H groups in total. The first-order valence-electron chi connectivity index (χ1n) is 10.4. The molecule has 164 valence electrons. The van der Waals surface area contributed by atoms with Gasteiger partial charge in [0.1, 0.15) is 12.4 Å². The van der Waals surface area contributed by atoms with Crippen molar-refractivity contribution < 1.29 is 23.8 Å². The van der Waals surface area contributed by atoms with E-state index in [1.54, 1.807) is 19.1 Å². The Morgan fingerprint density at radius 3 is 2.81 bits per heavy atom. The maximum Gasteiger partial charge on any atom is 0.408 e. The van der Waals surface area contributed by atoms with Gasteiger partial charge in [0, 0.05) is 24.7 Å². The number of carbonyl (C=O) groups is 2. The Morgan fingerprint density at radius 1 is 1.29 bits per heavy atom. The summed E-state index contributed by atoms with van der Waals surface area (Å²) in [7, 11) is 0. The number of rotatable bonds is 5. The molecule has 2 fully saturated rings. The normalized spacial score (nSPS) is 23.3. The predicted molar refractivity (Wildman–Crippen MR) is 112 cm³/mol. The Hall–Kier alpha value is -3.13. The number of hydrogen-bond donors (Lipinski definition) is 3. The summed E-state index contributed by atoms with van der Waals surface area (Å²) in [5.74, 6) is -0.484. The number of hydrogen-bond acceptors (Lipinski definition) is 4. The molecule has 2 aromatic carbocycles. The first kappa shape index (κ1) is 21.1. The third kappa shape index (κ3) is 3.95. The van der Waals surface area contributed by atoms with Gasteiger partial charge in [-0.05, 0) is 37.0 Å². The third-order valence-electron chi connectivity index (χ3n) is 6.26. The highest BCUT2D eigenvalue weighted by molar-refractivity contribution is 5.70. The quantitative estimate of drug-likeness (QED) is 0.676. The molecule has 2 aliphatic rings. The van der Waals surface area contributed by atoms with Gasteiger partial charge in [0.2, 0.25) is 0 Å². The van der Waals surface area contributed by atoms with Crippen LogP contribution in [0.3, 0.4) is 0 Å². The van der Waals surface area contributed by atoms with E-state index in [4.69, 9.17) is 4.74 Å². The molecule has 0 radical (unpaired) electrons. The average Bonchev–Trinajstić information content (AvgIpc) is 2.99. The summed E-state index contributed by atoms with van der Waals surface area (Å²) in [6.45, 7) is 2.76. The van der Waals surface area contributed by atoms with Crippen molar-refractivity contribution in [2.24, 2.45) is 0 Å². The van der Waals surface area contributed by atoms with Crippen molar-refractivity contribution in [3.63, 3.8) is 0 Å². The van der Waals surface area contributed by atoms with Crippen LogP contribution in [0.4, 0.5) is 14.0 Å². The van der Waals surface area contributed by atoms with Crippen LogP contribution in [0.1, 0.15) is 42.5 Å². The van der Waals surface area contributed by atoms with Gasteiger partial charge in [-0.3, -0.25) is 4.90 Å². The molecule has 2 saturated heterocycles. The van der Waals surface area contributed by atoms with E-state index in [0.29, 0.717) is 31.5 Å². The van der Waals surface area contributed by atoms with E-state index in [0.717, 1.165) is 5.56 Å². The Morgan fingerprint density at radius 2 is 2.06 bits per heavy atom. The number of fused-ring (bicyclic) bond motifs is 2. The first-order chi connectivity index (χ1) is 14.9. The summed E-state index contributed by atoms with van der Waals surface area (Å²) in [5, 5.41) is 15.9. The smallest absolute Gasteiger partial charge is 0.408 e. The SMILES string of the molecule is CC(NC(=O)OCc1ccccc1)c1c(F)cccc1C12CCC(CNC1)N2C(=O)O. The van der Waals surface area contributed by atoms with Crippen LogP contribution in [0.5, 0.6) is 0 Å². The molecule has 2 bridgehead atoms. The second-order valence-corrected chi connectivity index (χ2v) is 8.14. The molecule has 7 nitrogen and oxygen atoms in total. The fraction of sp³-hybridized carbons (Fsp3) is 0.391. The standard InChI is InChI=1S/C23H26FN3O4/c1-15(26-21(28)31-13-16-6-3-2-4-7-16)20-18(8-5-9-19(20)24)23-11-10-17(12-25-14-23)27(23)22(29)30/h2-9,15,17,25H,10-14H2,1H3,(H,26,28)(H,29,30). The van der Waals surface area contributed by atoms with Crippen LogP contribution >= 0.6 is 0 Å². The van der Waals surface area contributed by atoms with E-state index >= 15 is 4.39 Å². The molecule has 0 aromatic heterocycles. The molecule has 2 heterocycles. The number of piperazine rings is 1. The number of nitrogens with zero attached hydrogens (tertiary/aromatic N) is 1. The van der Waals surface area contributed by atoms with Crippen LogP contribution in [0, 0.1) is 5.82 Å². The molecule has 8 heteroatoms. The molecule has 2 aliphatic heterocycles. The zero-order chi connectivity index (χ0) is 22.0. The monoisotopic (exact) mass is 427 g/mol. The summed E-state index contributed by atoms with van der Waals surface area (Å²) in [5.41, 5.74) is 0.851. The van der Waals surface area contributed by atoms with E-state index in [-0.39, 0.29) is 18.2 Å².